The van der Waals surface area contributed by atoms with Crippen LogP contribution in [0.25, 0.3) is 0 Å². The van der Waals surface area contributed by atoms with Gasteiger partial charge < -0.3 is 15.0 Å². The van der Waals surface area contributed by atoms with Gasteiger partial charge >= 0.3 is 0 Å². The van der Waals surface area contributed by atoms with Gasteiger partial charge in [0, 0.05) is 19.2 Å². The lowest BCUT2D eigenvalue weighted by molar-refractivity contribution is -0.134. The van der Waals surface area contributed by atoms with Crippen LogP contribution in [0.15, 0.2) is 72.9 Å². The van der Waals surface area contributed by atoms with Gasteiger partial charge in [0.05, 0.1) is 18.3 Å². The molecule has 188 valence electrons. The summed E-state index contributed by atoms with van der Waals surface area (Å²) in [6.45, 7) is 7.12. The van der Waals surface area contributed by atoms with E-state index in [1.54, 1.807) is 6.20 Å². The normalized spacial score (nSPS) is 15.8. The Balaban J connectivity index is 1.57. The fraction of sp³-hybridized carbons (Fsp3) is 0.367. The minimum absolute atomic E-state index is 0.163. The van der Waals surface area contributed by atoms with Crippen molar-refractivity contribution >= 4 is 11.8 Å². The van der Waals surface area contributed by atoms with Crippen LogP contribution >= 0.6 is 0 Å². The summed E-state index contributed by atoms with van der Waals surface area (Å²) in [6.07, 6.45) is 2.94. The number of ether oxygens (including phenoxy) is 1. The van der Waals surface area contributed by atoms with Gasteiger partial charge in [0.25, 0.3) is 5.91 Å². The summed E-state index contributed by atoms with van der Waals surface area (Å²) in [5, 5.41) is 2.93. The minimum Gasteiger partial charge on any atom is -0.481 e. The molecule has 0 fully saturated rings. The monoisotopic (exact) mass is 485 g/mol. The molecule has 2 atom stereocenters. The summed E-state index contributed by atoms with van der Waals surface area (Å²) in [5.41, 5.74) is 4.14. The molecule has 2 unspecified atom stereocenters. The molecule has 2 amide bonds. The Morgan fingerprint density at radius 2 is 1.86 bits per heavy atom. The fourth-order valence-corrected chi connectivity index (χ4v) is 4.68. The summed E-state index contributed by atoms with van der Waals surface area (Å²) in [6, 6.07) is 21.6. The van der Waals surface area contributed by atoms with E-state index in [1.165, 1.54) is 5.56 Å². The second-order valence-electron chi connectivity index (χ2n) is 9.66. The molecule has 0 radical (unpaired) electrons. The van der Waals surface area contributed by atoms with Crippen LogP contribution in [0.4, 0.5) is 0 Å². The van der Waals surface area contributed by atoms with Crippen molar-refractivity contribution in [3.05, 3.63) is 95.3 Å². The third-order valence-corrected chi connectivity index (χ3v) is 6.48. The molecule has 2 heterocycles. The molecule has 0 bridgehead atoms. The molecule has 0 saturated carbocycles. The van der Waals surface area contributed by atoms with Gasteiger partial charge in [-0.2, -0.15) is 0 Å². The molecule has 3 aromatic rings. The highest BCUT2D eigenvalue weighted by atomic mass is 16.5. The molecule has 0 spiro atoms. The van der Waals surface area contributed by atoms with E-state index in [9.17, 15) is 9.59 Å². The molecular formula is C30H35N3O3. The molecule has 6 nitrogen and oxygen atoms in total. The van der Waals surface area contributed by atoms with Crippen molar-refractivity contribution in [2.45, 2.75) is 58.7 Å². The topological polar surface area (TPSA) is 71.5 Å². The molecule has 4 rings (SSSR count). The standard InChI is InChI=1S/C30H35N3O3/c1-4-27(30(35)32-20-24-12-8-9-16-31-24)36-25-14-13-22-15-17-33(28(34)18-21(2)3)29(26(22)19-25)23-10-6-5-7-11-23/h5-14,16,19,21,27,29H,4,15,17-18,20H2,1-3H3,(H,32,35). The number of aromatic nitrogens is 1. The number of nitrogens with one attached hydrogen (secondary N) is 1. The zero-order valence-electron chi connectivity index (χ0n) is 21.3. The Morgan fingerprint density at radius 3 is 2.56 bits per heavy atom. The van der Waals surface area contributed by atoms with Gasteiger partial charge in [-0.25, -0.2) is 0 Å². The molecule has 1 N–H and O–H groups in total. The maximum atomic E-state index is 13.2. The molecule has 1 aromatic heterocycles. The Hall–Kier alpha value is -3.67. The first kappa shape index (κ1) is 25.4. The zero-order chi connectivity index (χ0) is 25.5. The number of fused-ring (bicyclic) bond motifs is 1. The maximum absolute atomic E-state index is 13.2. The van der Waals surface area contributed by atoms with Crippen molar-refractivity contribution in [1.29, 1.82) is 0 Å². The molecule has 2 aromatic carbocycles. The highest BCUT2D eigenvalue weighted by Crippen LogP contribution is 2.38. The minimum atomic E-state index is -0.621. The third-order valence-electron chi connectivity index (χ3n) is 6.48. The van der Waals surface area contributed by atoms with E-state index in [2.05, 4.69) is 42.3 Å². The second kappa shape index (κ2) is 11.8. The van der Waals surface area contributed by atoms with Gasteiger partial charge in [-0.1, -0.05) is 63.2 Å². The Kier molecular flexibility index (Phi) is 8.36. The average Bonchev–Trinajstić information content (AvgIpc) is 2.90. The smallest absolute Gasteiger partial charge is 0.261 e. The Labute approximate surface area is 213 Å². The first-order chi connectivity index (χ1) is 17.5. The summed E-state index contributed by atoms with van der Waals surface area (Å²) < 4.78 is 6.19. The third kappa shape index (κ3) is 6.11. The zero-order valence-corrected chi connectivity index (χ0v) is 21.3. The number of nitrogens with zero attached hydrogens (tertiary/aromatic N) is 2. The SMILES string of the molecule is CCC(Oc1ccc2c(c1)C(c1ccccc1)N(C(=O)CC(C)C)CC2)C(=O)NCc1ccccn1. The lowest BCUT2D eigenvalue weighted by Crippen LogP contribution is -2.41. The molecule has 1 aliphatic rings. The highest BCUT2D eigenvalue weighted by molar-refractivity contribution is 5.81. The van der Waals surface area contributed by atoms with Crippen molar-refractivity contribution < 1.29 is 14.3 Å². The van der Waals surface area contributed by atoms with Crippen molar-refractivity contribution in [3.8, 4) is 5.75 Å². The van der Waals surface area contributed by atoms with E-state index in [0.29, 0.717) is 37.6 Å². The van der Waals surface area contributed by atoms with E-state index in [0.717, 1.165) is 23.2 Å². The lowest BCUT2D eigenvalue weighted by Gasteiger charge is -2.38. The number of amides is 2. The first-order valence-corrected chi connectivity index (χ1v) is 12.8. The average molecular weight is 486 g/mol. The van der Waals surface area contributed by atoms with Gasteiger partial charge in [0.1, 0.15) is 5.75 Å². The van der Waals surface area contributed by atoms with Crippen LogP contribution in [0.2, 0.25) is 0 Å². The quantitative estimate of drug-likeness (QED) is 0.459. The van der Waals surface area contributed by atoms with E-state index in [-0.39, 0.29) is 17.9 Å². The number of hydrogen-bond acceptors (Lipinski definition) is 4. The van der Waals surface area contributed by atoms with Gasteiger partial charge in [-0.15, -0.1) is 0 Å². The second-order valence-corrected chi connectivity index (χ2v) is 9.66. The van der Waals surface area contributed by atoms with Crippen LogP contribution in [0.1, 0.15) is 62.0 Å². The predicted octanol–water partition coefficient (Wildman–Crippen LogP) is 5.08. The largest absolute Gasteiger partial charge is 0.481 e. The van der Waals surface area contributed by atoms with E-state index in [4.69, 9.17) is 4.74 Å². The van der Waals surface area contributed by atoms with Crippen LogP contribution in [0.3, 0.4) is 0 Å². The number of carbonyl (C=O) groups is 2. The highest BCUT2D eigenvalue weighted by Gasteiger charge is 2.32. The summed E-state index contributed by atoms with van der Waals surface area (Å²) in [4.78, 5) is 32.3. The molecule has 0 saturated heterocycles. The number of rotatable bonds is 9. The van der Waals surface area contributed by atoms with Crippen molar-refractivity contribution in [1.82, 2.24) is 15.2 Å². The van der Waals surface area contributed by atoms with Crippen LogP contribution in [0.5, 0.6) is 5.75 Å². The molecule has 6 heteroatoms. The van der Waals surface area contributed by atoms with E-state index < -0.39 is 6.10 Å². The number of carbonyl (C=O) groups excluding carboxylic acids is 2. The van der Waals surface area contributed by atoms with E-state index in [1.807, 2.05) is 60.4 Å². The van der Waals surface area contributed by atoms with Gasteiger partial charge in [-0.05, 0) is 59.7 Å². The summed E-state index contributed by atoms with van der Waals surface area (Å²) in [5.74, 6) is 0.915. The fourth-order valence-electron chi connectivity index (χ4n) is 4.68. The van der Waals surface area contributed by atoms with E-state index >= 15 is 0 Å². The van der Waals surface area contributed by atoms with Gasteiger partial charge in [0.15, 0.2) is 6.10 Å². The summed E-state index contributed by atoms with van der Waals surface area (Å²) in [7, 11) is 0. The first-order valence-electron chi connectivity index (χ1n) is 12.8. The maximum Gasteiger partial charge on any atom is 0.261 e. The Bertz CT molecular complexity index is 1160. The van der Waals surface area contributed by atoms with Crippen molar-refractivity contribution in [2.24, 2.45) is 5.92 Å². The predicted molar refractivity (Wildman–Crippen MR) is 140 cm³/mol. The van der Waals surface area contributed by atoms with Crippen LogP contribution in [0, 0.1) is 5.92 Å². The molecule has 36 heavy (non-hydrogen) atoms. The molecule has 1 aliphatic heterocycles. The van der Waals surface area contributed by atoms with Crippen LogP contribution in [-0.2, 0) is 22.6 Å². The Morgan fingerprint density at radius 1 is 1.08 bits per heavy atom. The molecule has 0 aliphatic carbocycles. The van der Waals surface area contributed by atoms with Crippen LogP contribution in [-0.4, -0.2) is 34.3 Å². The van der Waals surface area contributed by atoms with Crippen LogP contribution < -0.4 is 10.1 Å². The number of hydrogen-bond donors (Lipinski definition) is 1. The summed E-state index contributed by atoms with van der Waals surface area (Å²) >= 11 is 0. The molecular weight excluding hydrogens is 450 g/mol. The van der Waals surface area contributed by atoms with Crippen molar-refractivity contribution in [2.75, 3.05) is 6.54 Å². The lowest BCUT2D eigenvalue weighted by atomic mass is 9.87. The van der Waals surface area contributed by atoms with Gasteiger partial charge in [0.2, 0.25) is 5.91 Å². The number of benzene rings is 2. The van der Waals surface area contributed by atoms with Crippen molar-refractivity contribution in [3.63, 3.8) is 0 Å². The van der Waals surface area contributed by atoms with Gasteiger partial charge in [-0.3, -0.25) is 14.6 Å². The number of pyridine rings is 1.